The summed E-state index contributed by atoms with van der Waals surface area (Å²) in [6.07, 6.45) is 3.46. The molecule has 0 aromatic heterocycles. The summed E-state index contributed by atoms with van der Waals surface area (Å²) in [5.74, 6) is 0.203. The first kappa shape index (κ1) is 18.5. The summed E-state index contributed by atoms with van der Waals surface area (Å²) in [7, 11) is 0. The van der Waals surface area contributed by atoms with Crippen molar-refractivity contribution in [1.82, 2.24) is 5.01 Å². The molecule has 6 heteroatoms. The number of hydrogen-bond acceptors (Lipinski definition) is 4. The first-order valence-electron chi connectivity index (χ1n) is 9.27. The van der Waals surface area contributed by atoms with Gasteiger partial charge in [0.15, 0.2) is 0 Å². The van der Waals surface area contributed by atoms with Crippen LogP contribution in [0.5, 0.6) is 0 Å². The van der Waals surface area contributed by atoms with Crippen LogP contribution in [0.3, 0.4) is 0 Å². The summed E-state index contributed by atoms with van der Waals surface area (Å²) in [5.41, 5.74) is 7.85. The van der Waals surface area contributed by atoms with Gasteiger partial charge in [0.1, 0.15) is 9.91 Å². The first-order chi connectivity index (χ1) is 13.1. The maximum absolute atomic E-state index is 13.2. The number of rotatable bonds is 6. The summed E-state index contributed by atoms with van der Waals surface area (Å²) in [4.78, 5) is 12.6. The number of nitrogens with zero attached hydrogens (tertiary/aromatic N) is 2. The number of nitrogens with two attached hydrogens (primary N) is 1. The quantitative estimate of drug-likeness (QED) is 0.773. The lowest BCUT2D eigenvalue weighted by Crippen LogP contribution is -2.42. The summed E-state index contributed by atoms with van der Waals surface area (Å²) in [5, 5.41) is 8.03. The van der Waals surface area contributed by atoms with Crippen LogP contribution >= 0.6 is 23.4 Å². The summed E-state index contributed by atoms with van der Waals surface area (Å²) in [6.45, 7) is 0.576. The van der Waals surface area contributed by atoms with Crippen molar-refractivity contribution in [3.63, 3.8) is 0 Å². The van der Waals surface area contributed by atoms with E-state index in [1.54, 1.807) is 16.8 Å². The molecule has 4 rings (SSSR count). The van der Waals surface area contributed by atoms with Crippen molar-refractivity contribution < 1.29 is 4.79 Å². The van der Waals surface area contributed by atoms with E-state index in [9.17, 15) is 4.79 Å². The molecule has 0 saturated heterocycles. The highest BCUT2D eigenvalue weighted by molar-refractivity contribution is 8.15. The molecule has 1 atom stereocenters. The minimum atomic E-state index is -0.558. The zero-order valence-electron chi connectivity index (χ0n) is 15.0. The van der Waals surface area contributed by atoms with Crippen molar-refractivity contribution >= 4 is 34.3 Å². The van der Waals surface area contributed by atoms with Crippen LogP contribution in [0.15, 0.2) is 59.7 Å². The Morgan fingerprint density at radius 3 is 2.67 bits per heavy atom. The average Bonchev–Trinajstić information content (AvgIpc) is 3.47. The van der Waals surface area contributed by atoms with E-state index in [2.05, 4.69) is 12.1 Å². The second-order valence-electron chi connectivity index (χ2n) is 6.98. The van der Waals surface area contributed by atoms with Gasteiger partial charge in [-0.2, -0.15) is 5.10 Å². The standard InChI is InChI=1S/C21H22ClN3OS/c22-18-9-4-6-16(14-18)19-24-25(20(26)15-10-11-15)21(27-19,12-5-13-23)17-7-2-1-3-8-17/h1-4,6-9,14-15H,5,10-13,23H2. The Balaban J connectivity index is 1.79. The molecule has 1 amide bonds. The molecule has 2 N–H and O–H groups in total. The van der Waals surface area contributed by atoms with Gasteiger partial charge in [-0.1, -0.05) is 65.8 Å². The molecule has 0 bridgehead atoms. The Hall–Kier alpha value is -1.82. The van der Waals surface area contributed by atoms with Crippen LogP contribution in [0.4, 0.5) is 0 Å². The number of thioether (sulfide) groups is 1. The largest absolute Gasteiger partial charge is 0.330 e. The van der Waals surface area contributed by atoms with Gasteiger partial charge in [-0.15, -0.1) is 0 Å². The fourth-order valence-corrected chi connectivity index (χ4v) is 4.98. The van der Waals surface area contributed by atoms with Crippen LogP contribution < -0.4 is 5.73 Å². The molecule has 1 fully saturated rings. The zero-order valence-corrected chi connectivity index (χ0v) is 16.5. The van der Waals surface area contributed by atoms with E-state index in [0.29, 0.717) is 11.6 Å². The third-order valence-electron chi connectivity index (χ3n) is 4.95. The molecule has 140 valence electrons. The van der Waals surface area contributed by atoms with Gasteiger partial charge in [-0.05, 0) is 49.9 Å². The van der Waals surface area contributed by atoms with Crippen LogP contribution in [0, 0.1) is 5.92 Å². The van der Waals surface area contributed by atoms with E-state index in [1.165, 1.54) is 0 Å². The van der Waals surface area contributed by atoms with E-state index < -0.39 is 4.87 Å². The van der Waals surface area contributed by atoms with Gasteiger partial charge in [-0.3, -0.25) is 4.79 Å². The molecular formula is C21H22ClN3OS. The molecule has 1 unspecified atom stereocenters. The second-order valence-corrected chi connectivity index (χ2v) is 8.69. The molecular weight excluding hydrogens is 378 g/mol. The molecule has 4 nitrogen and oxygen atoms in total. The topological polar surface area (TPSA) is 58.7 Å². The van der Waals surface area contributed by atoms with Gasteiger partial charge in [0, 0.05) is 16.5 Å². The van der Waals surface area contributed by atoms with E-state index >= 15 is 0 Å². The Bertz CT molecular complexity index is 869. The fourth-order valence-electron chi connectivity index (χ4n) is 3.39. The predicted molar refractivity (Wildman–Crippen MR) is 112 cm³/mol. The second kappa shape index (κ2) is 7.66. The smallest absolute Gasteiger partial charge is 0.247 e. The number of carbonyl (C=O) groups is 1. The highest BCUT2D eigenvalue weighted by Gasteiger charge is 2.51. The summed E-state index contributed by atoms with van der Waals surface area (Å²) < 4.78 is 0. The van der Waals surface area contributed by atoms with Gasteiger partial charge in [0.25, 0.3) is 0 Å². The minimum absolute atomic E-state index is 0.0917. The number of hydrogen-bond donors (Lipinski definition) is 1. The zero-order chi connectivity index (χ0) is 18.9. The Morgan fingerprint density at radius 2 is 2.00 bits per heavy atom. The summed E-state index contributed by atoms with van der Waals surface area (Å²) >= 11 is 7.83. The number of amides is 1. The van der Waals surface area contributed by atoms with Crippen molar-refractivity contribution in [3.05, 3.63) is 70.7 Å². The van der Waals surface area contributed by atoms with Gasteiger partial charge in [-0.25, -0.2) is 5.01 Å². The SMILES string of the molecule is NCCCC1(c2ccccc2)SC(c2cccc(Cl)c2)=NN1C(=O)C1CC1. The lowest BCUT2D eigenvalue weighted by Gasteiger charge is -2.36. The van der Waals surface area contributed by atoms with Crippen LogP contribution in [0.1, 0.15) is 36.8 Å². The average molecular weight is 400 g/mol. The van der Waals surface area contributed by atoms with Crippen LogP contribution in [0.25, 0.3) is 0 Å². The number of benzene rings is 2. The summed E-state index contributed by atoms with van der Waals surface area (Å²) in [6, 6.07) is 17.8. The molecule has 27 heavy (non-hydrogen) atoms. The Kier molecular flexibility index (Phi) is 5.26. The van der Waals surface area contributed by atoms with Gasteiger partial charge in [0.2, 0.25) is 5.91 Å². The molecule has 0 spiro atoms. The highest BCUT2D eigenvalue weighted by Crippen LogP contribution is 2.52. The van der Waals surface area contributed by atoms with Crippen LogP contribution in [0.2, 0.25) is 5.02 Å². The van der Waals surface area contributed by atoms with E-state index in [0.717, 1.165) is 41.9 Å². The molecule has 1 aliphatic carbocycles. The third-order valence-corrected chi connectivity index (χ3v) is 6.65. The van der Waals surface area contributed by atoms with Crippen molar-refractivity contribution in [3.8, 4) is 0 Å². The molecule has 2 aliphatic rings. The molecule has 0 radical (unpaired) electrons. The monoisotopic (exact) mass is 399 g/mol. The number of halogens is 1. The fraction of sp³-hybridized carbons (Fsp3) is 0.333. The molecule has 1 heterocycles. The van der Waals surface area contributed by atoms with Crippen molar-refractivity contribution in [2.24, 2.45) is 16.8 Å². The van der Waals surface area contributed by atoms with Crippen molar-refractivity contribution in [2.45, 2.75) is 30.6 Å². The lowest BCUT2D eigenvalue weighted by molar-refractivity contribution is -0.136. The van der Waals surface area contributed by atoms with Gasteiger partial charge >= 0.3 is 0 Å². The Morgan fingerprint density at radius 1 is 1.22 bits per heavy atom. The molecule has 2 aromatic carbocycles. The Labute approximate surface area is 168 Å². The van der Waals surface area contributed by atoms with E-state index in [-0.39, 0.29) is 11.8 Å². The first-order valence-corrected chi connectivity index (χ1v) is 10.5. The van der Waals surface area contributed by atoms with Gasteiger partial charge in [0.05, 0.1) is 0 Å². The van der Waals surface area contributed by atoms with Crippen molar-refractivity contribution in [2.75, 3.05) is 6.54 Å². The predicted octanol–water partition coefficient (Wildman–Crippen LogP) is 4.58. The molecule has 1 aliphatic heterocycles. The number of hydrazone groups is 1. The van der Waals surface area contributed by atoms with Crippen molar-refractivity contribution in [1.29, 1.82) is 0 Å². The van der Waals surface area contributed by atoms with Gasteiger partial charge < -0.3 is 5.73 Å². The van der Waals surface area contributed by atoms with Crippen LogP contribution in [-0.2, 0) is 9.67 Å². The molecule has 1 saturated carbocycles. The molecule has 2 aromatic rings. The maximum Gasteiger partial charge on any atom is 0.247 e. The lowest BCUT2D eigenvalue weighted by atomic mass is 10.00. The minimum Gasteiger partial charge on any atom is -0.330 e. The van der Waals surface area contributed by atoms with E-state index in [1.807, 2.05) is 42.5 Å². The van der Waals surface area contributed by atoms with E-state index in [4.69, 9.17) is 22.4 Å². The number of carbonyl (C=O) groups excluding carboxylic acids is 1. The van der Waals surface area contributed by atoms with Crippen LogP contribution in [-0.4, -0.2) is 22.5 Å². The highest BCUT2D eigenvalue weighted by atomic mass is 35.5. The maximum atomic E-state index is 13.2. The normalized spacial score (nSPS) is 22.0. The third kappa shape index (κ3) is 3.64.